The molecule has 24 heavy (non-hydrogen) atoms. The fourth-order valence-electron chi connectivity index (χ4n) is 3.04. The molecule has 1 aliphatic rings. The van der Waals surface area contributed by atoms with Crippen LogP contribution in [0.1, 0.15) is 17.7 Å². The summed E-state index contributed by atoms with van der Waals surface area (Å²) in [6.45, 7) is 0.690. The summed E-state index contributed by atoms with van der Waals surface area (Å²) in [7, 11) is -3.05. The molecule has 0 N–H and O–H groups in total. The van der Waals surface area contributed by atoms with Crippen molar-refractivity contribution < 1.29 is 13.2 Å². The van der Waals surface area contributed by atoms with E-state index >= 15 is 0 Å². The molecule has 0 radical (unpaired) electrons. The number of carbonyl (C=O) groups excluding carboxylic acids is 1. The van der Waals surface area contributed by atoms with Crippen molar-refractivity contribution in [3.8, 4) is 0 Å². The van der Waals surface area contributed by atoms with E-state index in [1.165, 1.54) is 6.26 Å². The minimum absolute atomic E-state index is 0.00395. The number of benzene rings is 1. The summed E-state index contributed by atoms with van der Waals surface area (Å²) in [6, 6.07) is 13.3. The van der Waals surface area contributed by atoms with E-state index in [1.54, 1.807) is 12.3 Å². The molecule has 5 nitrogen and oxygen atoms in total. The Kier molecular flexibility index (Phi) is 4.66. The van der Waals surface area contributed by atoms with E-state index in [9.17, 15) is 13.2 Å². The van der Waals surface area contributed by atoms with Crippen molar-refractivity contribution >= 4 is 21.4 Å². The highest BCUT2D eigenvalue weighted by Gasteiger charge is 2.30. The predicted octanol–water partition coefficient (Wildman–Crippen LogP) is 2.22. The maximum atomic E-state index is 12.2. The molecule has 0 aliphatic carbocycles. The van der Waals surface area contributed by atoms with E-state index < -0.39 is 9.84 Å². The van der Waals surface area contributed by atoms with E-state index in [-0.39, 0.29) is 17.6 Å². The molecule has 0 bridgehead atoms. The molecule has 126 valence electrons. The van der Waals surface area contributed by atoms with Gasteiger partial charge in [-0.2, -0.15) is 0 Å². The Hall–Kier alpha value is -2.21. The lowest BCUT2D eigenvalue weighted by Gasteiger charge is -2.16. The standard InChI is InChI=1S/C18H20N2O3S/c1-24(22,23)13-14-7-8-16(19-11-14)9-15-10-18(21)20(12-15)17-5-3-2-4-6-17/h2-8,11,15H,9-10,12-13H2,1H3/t15-/m0/s1. The minimum atomic E-state index is -3.05. The molecule has 1 fully saturated rings. The average molecular weight is 344 g/mol. The molecule has 2 aromatic rings. The second kappa shape index (κ2) is 6.73. The number of nitrogens with zero attached hydrogens (tertiary/aromatic N) is 2. The molecule has 2 heterocycles. The normalized spacial score (nSPS) is 18.1. The summed E-state index contributed by atoms with van der Waals surface area (Å²) in [5.41, 5.74) is 2.51. The third-order valence-electron chi connectivity index (χ3n) is 4.09. The van der Waals surface area contributed by atoms with Crippen LogP contribution in [0.25, 0.3) is 0 Å². The third kappa shape index (κ3) is 4.20. The summed E-state index contributed by atoms with van der Waals surface area (Å²) < 4.78 is 22.6. The molecule has 1 aliphatic heterocycles. The molecule has 3 rings (SSSR count). The molecular weight excluding hydrogens is 324 g/mol. The Morgan fingerprint density at radius 2 is 1.92 bits per heavy atom. The van der Waals surface area contributed by atoms with E-state index in [4.69, 9.17) is 0 Å². The van der Waals surface area contributed by atoms with Gasteiger partial charge in [0.1, 0.15) is 0 Å². The summed E-state index contributed by atoms with van der Waals surface area (Å²) in [4.78, 5) is 18.4. The number of hydrogen-bond donors (Lipinski definition) is 0. The van der Waals surface area contributed by atoms with Crippen LogP contribution < -0.4 is 4.90 Å². The van der Waals surface area contributed by atoms with Gasteiger partial charge in [-0.25, -0.2) is 8.42 Å². The maximum absolute atomic E-state index is 12.2. The Labute approximate surface area is 142 Å². The molecular formula is C18H20N2O3S. The maximum Gasteiger partial charge on any atom is 0.227 e. The SMILES string of the molecule is CS(=O)(=O)Cc1ccc(C[C@H]2CC(=O)N(c3ccccc3)C2)nc1. The van der Waals surface area contributed by atoms with Gasteiger partial charge in [-0.05, 0) is 36.1 Å². The third-order valence-corrected chi connectivity index (χ3v) is 4.94. The van der Waals surface area contributed by atoms with E-state index in [2.05, 4.69) is 4.98 Å². The van der Waals surface area contributed by atoms with Gasteiger partial charge in [0.2, 0.25) is 5.91 Å². The van der Waals surface area contributed by atoms with Crippen molar-refractivity contribution in [2.45, 2.75) is 18.6 Å². The zero-order chi connectivity index (χ0) is 17.2. The first-order valence-corrected chi connectivity index (χ1v) is 9.94. The predicted molar refractivity (Wildman–Crippen MR) is 93.4 cm³/mol. The van der Waals surface area contributed by atoms with Crippen LogP contribution >= 0.6 is 0 Å². The molecule has 0 unspecified atom stereocenters. The fourth-order valence-corrected chi connectivity index (χ4v) is 3.81. The summed E-state index contributed by atoms with van der Waals surface area (Å²) in [5, 5.41) is 0. The molecule has 6 heteroatoms. The summed E-state index contributed by atoms with van der Waals surface area (Å²) in [5.74, 6) is 0.370. The van der Waals surface area contributed by atoms with E-state index in [0.29, 0.717) is 24.9 Å². The van der Waals surface area contributed by atoms with Crippen LogP contribution in [0.15, 0.2) is 48.7 Å². The highest BCUT2D eigenvalue weighted by molar-refractivity contribution is 7.89. The van der Waals surface area contributed by atoms with Gasteiger partial charge in [0.05, 0.1) is 5.75 Å². The van der Waals surface area contributed by atoms with Gasteiger partial charge >= 0.3 is 0 Å². The summed E-state index contributed by atoms with van der Waals surface area (Å²) >= 11 is 0. The van der Waals surface area contributed by atoms with Crippen molar-refractivity contribution in [2.24, 2.45) is 5.92 Å². The Morgan fingerprint density at radius 1 is 1.17 bits per heavy atom. The van der Waals surface area contributed by atoms with Gasteiger partial charge in [-0.15, -0.1) is 0 Å². The van der Waals surface area contributed by atoms with Crippen LogP contribution in [0.4, 0.5) is 5.69 Å². The number of para-hydroxylation sites is 1. The van der Waals surface area contributed by atoms with Crippen molar-refractivity contribution in [1.82, 2.24) is 4.98 Å². The van der Waals surface area contributed by atoms with Gasteiger partial charge < -0.3 is 4.90 Å². The van der Waals surface area contributed by atoms with E-state index in [1.807, 2.05) is 41.3 Å². The van der Waals surface area contributed by atoms with Crippen LogP contribution in [0.5, 0.6) is 0 Å². The van der Waals surface area contributed by atoms with Crippen molar-refractivity contribution in [1.29, 1.82) is 0 Å². The second-order valence-electron chi connectivity index (χ2n) is 6.34. The molecule has 1 aromatic heterocycles. The molecule has 0 spiro atoms. The van der Waals surface area contributed by atoms with Gasteiger partial charge in [0.15, 0.2) is 9.84 Å². The molecule has 1 saturated heterocycles. The molecule has 1 atom stereocenters. The van der Waals surface area contributed by atoms with Crippen LogP contribution in [-0.4, -0.2) is 32.1 Å². The van der Waals surface area contributed by atoms with Crippen molar-refractivity contribution in [3.05, 3.63) is 59.9 Å². The lowest BCUT2D eigenvalue weighted by atomic mass is 10.0. The number of amides is 1. The monoisotopic (exact) mass is 344 g/mol. The van der Waals surface area contributed by atoms with Crippen LogP contribution in [0.3, 0.4) is 0 Å². The Balaban J connectivity index is 1.64. The number of sulfone groups is 1. The zero-order valence-corrected chi connectivity index (χ0v) is 14.4. The Bertz CT molecular complexity index is 817. The first-order chi connectivity index (χ1) is 11.4. The van der Waals surface area contributed by atoms with Gasteiger partial charge in [-0.3, -0.25) is 9.78 Å². The van der Waals surface area contributed by atoms with Crippen LogP contribution in [0, 0.1) is 5.92 Å². The number of carbonyl (C=O) groups is 1. The quantitative estimate of drug-likeness (QED) is 0.834. The topological polar surface area (TPSA) is 67.3 Å². The Morgan fingerprint density at radius 3 is 2.54 bits per heavy atom. The second-order valence-corrected chi connectivity index (χ2v) is 8.48. The van der Waals surface area contributed by atoms with Crippen LogP contribution in [0.2, 0.25) is 0 Å². The zero-order valence-electron chi connectivity index (χ0n) is 13.6. The average Bonchev–Trinajstić information content (AvgIpc) is 2.89. The largest absolute Gasteiger partial charge is 0.312 e. The lowest BCUT2D eigenvalue weighted by Crippen LogP contribution is -2.24. The number of rotatable bonds is 5. The van der Waals surface area contributed by atoms with Gasteiger partial charge in [0.25, 0.3) is 0 Å². The first-order valence-electron chi connectivity index (χ1n) is 7.88. The molecule has 0 saturated carbocycles. The minimum Gasteiger partial charge on any atom is -0.312 e. The smallest absolute Gasteiger partial charge is 0.227 e. The number of pyridine rings is 1. The van der Waals surface area contributed by atoms with Crippen LogP contribution in [-0.2, 0) is 26.8 Å². The number of aromatic nitrogens is 1. The number of anilines is 1. The van der Waals surface area contributed by atoms with Crippen molar-refractivity contribution in [3.63, 3.8) is 0 Å². The highest BCUT2D eigenvalue weighted by Crippen LogP contribution is 2.26. The number of hydrogen-bond acceptors (Lipinski definition) is 4. The molecule has 1 aromatic carbocycles. The summed E-state index contributed by atoms with van der Waals surface area (Å²) in [6.07, 6.45) is 4.06. The first kappa shape index (κ1) is 16.6. The van der Waals surface area contributed by atoms with Gasteiger partial charge in [-0.1, -0.05) is 24.3 Å². The highest BCUT2D eigenvalue weighted by atomic mass is 32.2. The van der Waals surface area contributed by atoms with Gasteiger partial charge in [0, 0.05) is 36.8 Å². The van der Waals surface area contributed by atoms with Crippen molar-refractivity contribution in [2.75, 3.05) is 17.7 Å². The fraction of sp³-hybridized carbons (Fsp3) is 0.333. The lowest BCUT2D eigenvalue weighted by molar-refractivity contribution is -0.117. The molecule has 1 amide bonds. The van der Waals surface area contributed by atoms with E-state index in [0.717, 1.165) is 11.4 Å².